The molecule has 1 aromatic heterocycles. The van der Waals surface area contributed by atoms with Crippen molar-refractivity contribution in [2.75, 3.05) is 10.7 Å². The van der Waals surface area contributed by atoms with Crippen molar-refractivity contribution in [2.24, 2.45) is 0 Å². The standard InChI is InChI=1S/C17H17N3O3/c1-10-7-11(2)20(16(22)8-10)19-17(23)13-9-15(21)18-14-6-4-3-5-12(13)14/h3-8,13H,9H2,1-2H3,(H,18,21)(H,19,23)/t13-/m1/s1. The predicted octanol–water partition coefficient (Wildman–Crippen LogP) is 1.66. The van der Waals surface area contributed by atoms with Crippen molar-refractivity contribution < 1.29 is 9.59 Å². The molecule has 0 fully saturated rings. The molecule has 3 rings (SSSR count). The number of hydrogen-bond donors (Lipinski definition) is 2. The molecule has 2 heterocycles. The third kappa shape index (κ3) is 2.88. The molecule has 23 heavy (non-hydrogen) atoms. The van der Waals surface area contributed by atoms with E-state index < -0.39 is 5.92 Å². The van der Waals surface area contributed by atoms with E-state index in [1.165, 1.54) is 10.7 Å². The zero-order valence-corrected chi connectivity index (χ0v) is 12.9. The van der Waals surface area contributed by atoms with Gasteiger partial charge in [0.1, 0.15) is 0 Å². The zero-order chi connectivity index (χ0) is 16.6. The molecular formula is C17H17N3O3. The van der Waals surface area contributed by atoms with Crippen molar-refractivity contribution in [3.8, 4) is 0 Å². The minimum atomic E-state index is -0.618. The van der Waals surface area contributed by atoms with Crippen LogP contribution in [0.25, 0.3) is 0 Å². The van der Waals surface area contributed by atoms with Crippen molar-refractivity contribution in [3.63, 3.8) is 0 Å². The summed E-state index contributed by atoms with van der Waals surface area (Å²) in [6.07, 6.45) is 0.0580. The molecule has 2 amide bonds. The van der Waals surface area contributed by atoms with Gasteiger partial charge in [0.25, 0.3) is 5.56 Å². The lowest BCUT2D eigenvalue weighted by Crippen LogP contribution is -2.39. The van der Waals surface area contributed by atoms with E-state index in [-0.39, 0.29) is 23.8 Å². The van der Waals surface area contributed by atoms with Crippen molar-refractivity contribution in [1.29, 1.82) is 0 Å². The molecule has 6 nitrogen and oxygen atoms in total. The topological polar surface area (TPSA) is 80.2 Å². The van der Waals surface area contributed by atoms with Crippen LogP contribution >= 0.6 is 0 Å². The number of benzene rings is 1. The molecule has 1 atom stereocenters. The molecule has 1 aliphatic rings. The highest BCUT2D eigenvalue weighted by molar-refractivity contribution is 6.03. The number of carbonyl (C=O) groups is 2. The summed E-state index contributed by atoms with van der Waals surface area (Å²) in [6.45, 7) is 3.57. The number of amides is 2. The number of anilines is 1. The highest BCUT2D eigenvalue weighted by Crippen LogP contribution is 2.32. The fourth-order valence-electron chi connectivity index (χ4n) is 2.85. The predicted molar refractivity (Wildman–Crippen MR) is 87.0 cm³/mol. The van der Waals surface area contributed by atoms with Gasteiger partial charge >= 0.3 is 0 Å². The van der Waals surface area contributed by atoms with E-state index in [9.17, 15) is 14.4 Å². The van der Waals surface area contributed by atoms with E-state index in [0.29, 0.717) is 11.4 Å². The van der Waals surface area contributed by atoms with Gasteiger partial charge in [-0.05, 0) is 37.1 Å². The summed E-state index contributed by atoms with van der Waals surface area (Å²) < 4.78 is 1.21. The van der Waals surface area contributed by atoms with E-state index in [4.69, 9.17) is 0 Å². The third-order valence-corrected chi connectivity index (χ3v) is 3.90. The summed E-state index contributed by atoms with van der Waals surface area (Å²) >= 11 is 0. The van der Waals surface area contributed by atoms with Gasteiger partial charge in [-0.3, -0.25) is 19.8 Å². The lowest BCUT2D eigenvalue weighted by Gasteiger charge is -2.25. The Morgan fingerprint density at radius 2 is 1.96 bits per heavy atom. The molecule has 1 aromatic carbocycles. The van der Waals surface area contributed by atoms with Crippen LogP contribution in [0.5, 0.6) is 0 Å². The Kier molecular flexibility index (Phi) is 3.73. The lowest BCUT2D eigenvalue weighted by atomic mass is 9.90. The number of nitrogens with zero attached hydrogens (tertiary/aromatic N) is 1. The number of aryl methyl sites for hydroxylation is 2. The molecule has 118 valence electrons. The summed E-state index contributed by atoms with van der Waals surface area (Å²) in [5.74, 6) is -1.20. The first-order valence-corrected chi connectivity index (χ1v) is 7.35. The number of nitrogens with one attached hydrogen (secondary N) is 2. The molecule has 0 spiro atoms. The van der Waals surface area contributed by atoms with Crippen LogP contribution in [0.3, 0.4) is 0 Å². The van der Waals surface area contributed by atoms with Crippen molar-refractivity contribution >= 4 is 17.5 Å². The number of carbonyl (C=O) groups excluding carboxylic acids is 2. The second kappa shape index (κ2) is 5.72. The Labute approximate surface area is 133 Å². The van der Waals surface area contributed by atoms with Gasteiger partial charge in [0.2, 0.25) is 11.8 Å². The van der Waals surface area contributed by atoms with Gasteiger partial charge in [0, 0.05) is 23.9 Å². The van der Waals surface area contributed by atoms with Crippen molar-refractivity contribution in [3.05, 3.63) is 63.6 Å². The van der Waals surface area contributed by atoms with E-state index in [1.54, 1.807) is 19.1 Å². The van der Waals surface area contributed by atoms with Gasteiger partial charge in [-0.2, -0.15) is 0 Å². The lowest BCUT2D eigenvalue weighted by molar-refractivity contribution is -0.123. The number of pyridine rings is 1. The van der Waals surface area contributed by atoms with Crippen LogP contribution in [0.4, 0.5) is 5.69 Å². The Bertz CT molecular complexity index is 854. The Morgan fingerprint density at radius 1 is 1.22 bits per heavy atom. The number of fused-ring (bicyclic) bond motifs is 1. The maximum absolute atomic E-state index is 12.6. The second-order valence-corrected chi connectivity index (χ2v) is 5.72. The van der Waals surface area contributed by atoms with Gasteiger partial charge in [-0.25, -0.2) is 4.68 Å². The van der Waals surface area contributed by atoms with Crippen LogP contribution in [-0.4, -0.2) is 16.5 Å². The number of aromatic nitrogens is 1. The van der Waals surface area contributed by atoms with Crippen LogP contribution in [0.1, 0.15) is 29.2 Å². The van der Waals surface area contributed by atoms with Crippen molar-refractivity contribution in [1.82, 2.24) is 4.68 Å². The molecule has 2 N–H and O–H groups in total. The van der Waals surface area contributed by atoms with Crippen LogP contribution < -0.4 is 16.3 Å². The Hall–Kier alpha value is -2.89. The quantitative estimate of drug-likeness (QED) is 0.885. The third-order valence-electron chi connectivity index (χ3n) is 3.90. The first kappa shape index (κ1) is 15.0. The fourth-order valence-corrected chi connectivity index (χ4v) is 2.85. The Balaban J connectivity index is 1.93. The molecule has 2 aromatic rings. The maximum Gasteiger partial charge on any atom is 0.269 e. The average Bonchev–Trinajstić information content (AvgIpc) is 2.49. The molecule has 0 bridgehead atoms. The number of para-hydroxylation sites is 1. The molecule has 0 saturated carbocycles. The van der Waals surface area contributed by atoms with E-state index >= 15 is 0 Å². The van der Waals surface area contributed by atoms with Crippen LogP contribution in [0.15, 0.2) is 41.2 Å². The van der Waals surface area contributed by atoms with Gasteiger partial charge in [-0.1, -0.05) is 18.2 Å². The Morgan fingerprint density at radius 3 is 2.70 bits per heavy atom. The first-order valence-electron chi connectivity index (χ1n) is 7.35. The summed E-state index contributed by atoms with van der Waals surface area (Å²) in [7, 11) is 0. The molecule has 0 saturated heterocycles. The van der Waals surface area contributed by atoms with E-state index in [2.05, 4.69) is 10.7 Å². The molecule has 0 radical (unpaired) electrons. The van der Waals surface area contributed by atoms with Crippen LogP contribution in [0.2, 0.25) is 0 Å². The van der Waals surface area contributed by atoms with E-state index in [1.807, 2.05) is 25.1 Å². The number of hydrogen-bond acceptors (Lipinski definition) is 3. The van der Waals surface area contributed by atoms with Gasteiger partial charge in [0.05, 0.1) is 5.92 Å². The fraction of sp³-hybridized carbons (Fsp3) is 0.235. The zero-order valence-electron chi connectivity index (χ0n) is 12.9. The largest absolute Gasteiger partial charge is 0.326 e. The molecular weight excluding hydrogens is 294 g/mol. The monoisotopic (exact) mass is 311 g/mol. The minimum absolute atomic E-state index is 0.0580. The average molecular weight is 311 g/mol. The van der Waals surface area contributed by atoms with Gasteiger partial charge in [0.15, 0.2) is 0 Å². The van der Waals surface area contributed by atoms with Gasteiger partial charge < -0.3 is 5.32 Å². The summed E-state index contributed by atoms with van der Waals surface area (Å²) in [6, 6.07) is 10.5. The summed E-state index contributed by atoms with van der Waals surface area (Å²) in [5, 5.41) is 2.75. The molecule has 0 aliphatic carbocycles. The number of rotatable bonds is 2. The highest BCUT2D eigenvalue weighted by Gasteiger charge is 2.30. The minimum Gasteiger partial charge on any atom is -0.326 e. The smallest absolute Gasteiger partial charge is 0.269 e. The highest BCUT2D eigenvalue weighted by atomic mass is 16.2. The SMILES string of the molecule is Cc1cc(C)n(NC(=O)[C@@H]2CC(=O)Nc3ccccc32)c(=O)c1. The summed E-state index contributed by atoms with van der Waals surface area (Å²) in [5.41, 5.74) is 5.18. The molecule has 0 unspecified atom stereocenters. The molecule has 1 aliphatic heterocycles. The second-order valence-electron chi connectivity index (χ2n) is 5.72. The normalized spacial score (nSPS) is 16.4. The summed E-state index contributed by atoms with van der Waals surface area (Å²) in [4.78, 5) is 36.5. The van der Waals surface area contributed by atoms with Gasteiger partial charge in [-0.15, -0.1) is 0 Å². The maximum atomic E-state index is 12.6. The van der Waals surface area contributed by atoms with E-state index in [0.717, 1.165) is 11.1 Å². The van der Waals surface area contributed by atoms with Crippen LogP contribution in [-0.2, 0) is 9.59 Å². The van der Waals surface area contributed by atoms with Crippen molar-refractivity contribution in [2.45, 2.75) is 26.2 Å². The first-order chi connectivity index (χ1) is 11.0. The van der Waals surface area contributed by atoms with Crippen LogP contribution in [0, 0.1) is 13.8 Å². The molecule has 6 heteroatoms.